The molecule has 0 heterocycles. The highest BCUT2D eigenvalue weighted by Crippen LogP contribution is 2.22. The Bertz CT molecular complexity index is 433. The number of carboxylic acid groups (broad SMARTS) is 1. The SMILES string of the molecule is O=C(O)C=CC(=O)c1ccc(O)cc1O. The Balaban J connectivity index is 2.97. The van der Waals surface area contributed by atoms with Crippen molar-refractivity contribution < 1.29 is 24.9 Å². The number of phenolic OH excluding ortho intramolecular Hbond substituents is 2. The summed E-state index contributed by atoms with van der Waals surface area (Å²) in [6.45, 7) is 0. The van der Waals surface area contributed by atoms with E-state index < -0.39 is 17.5 Å². The van der Waals surface area contributed by atoms with Gasteiger partial charge in [0, 0.05) is 12.1 Å². The summed E-state index contributed by atoms with van der Waals surface area (Å²) in [5, 5.41) is 26.5. The van der Waals surface area contributed by atoms with Crippen molar-refractivity contribution in [3.63, 3.8) is 0 Å². The van der Waals surface area contributed by atoms with E-state index in [9.17, 15) is 14.7 Å². The zero-order valence-electron chi connectivity index (χ0n) is 7.54. The molecule has 0 unspecified atom stereocenters. The van der Waals surface area contributed by atoms with E-state index in [0.29, 0.717) is 6.08 Å². The highest BCUT2D eigenvalue weighted by molar-refractivity contribution is 6.08. The molecule has 0 spiro atoms. The van der Waals surface area contributed by atoms with Crippen LogP contribution in [0.4, 0.5) is 0 Å². The van der Waals surface area contributed by atoms with Crippen molar-refractivity contribution in [1.82, 2.24) is 0 Å². The molecule has 15 heavy (non-hydrogen) atoms. The van der Waals surface area contributed by atoms with E-state index in [1.165, 1.54) is 12.1 Å². The molecule has 0 atom stereocenters. The number of benzene rings is 1. The minimum absolute atomic E-state index is 0.0645. The van der Waals surface area contributed by atoms with Gasteiger partial charge in [0.2, 0.25) is 0 Å². The Morgan fingerprint density at radius 1 is 1.13 bits per heavy atom. The molecule has 0 fully saturated rings. The Kier molecular flexibility index (Phi) is 3.07. The fourth-order valence-corrected chi connectivity index (χ4v) is 0.965. The van der Waals surface area contributed by atoms with Crippen LogP contribution in [0.25, 0.3) is 0 Å². The van der Waals surface area contributed by atoms with Crippen molar-refractivity contribution in [3.8, 4) is 11.5 Å². The van der Waals surface area contributed by atoms with Gasteiger partial charge in [0.15, 0.2) is 5.78 Å². The maximum Gasteiger partial charge on any atom is 0.328 e. The van der Waals surface area contributed by atoms with Crippen LogP contribution in [0.15, 0.2) is 30.4 Å². The first kappa shape index (κ1) is 10.8. The summed E-state index contributed by atoms with van der Waals surface area (Å²) in [6, 6.07) is 3.43. The fraction of sp³-hybridized carbons (Fsp3) is 0. The lowest BCUT2D eigenvalue weighted by Crippen LogP contribution is -1.96. The predicted octanol–water partition coefficient (Wildman–Crippen LogP) is 0.921. The van der Waals surface area contributed by atoms with Gasteiger partial charge < -0.3 is 15.3 Å². The maximum absolute atomic E-state index is 11.3. The molecule has 1 rings (SSSR count). The monoisotopic (exact) mass is 208 g/mol. The van der Waals surface area contributed by atoms with Crippen LogP contribution in [0.3, 0.4) is 0 Å². The van der Waals surface area contributed by atoms with Gasteiger partial charge in [0.1, 0.15) is 11.5 Å². The number of aromatic hydroxyl groups is 2. The van der Waals surface area contributed by atoms with E-state index >= 15 is 0 Å². The molecule has 0 saturated heterocycles. The molecule has 0 amide bonds. The number of phenols is 2. The molecule has 5 nitrogen and oxygen atoms in total. The lowest BCUT2D eigenvalue weighted by molar-refractivity contribution is -0.131. The van der Waals surface area contributed by atoms with Crippen LogP contribution < -0.4 is 0 Å². The van der Waals surface area contributed by atoms with E-state index in [1.54, 1.807) is 0 Å². The predicted molar refractivity (Wildman–Crippen MR) is 50.9 cm³/mol. The highest BCUT2D eigenvalue weighted by Gasteiger charge is 2.08. The third-order valence-electron chi connectivity index (χ3n) is 1.62. The van der Waals surface area contributed by atoms with Crippen LogP contribution in [0.2, 0.25) is 0 Å². The summed E-state index contributed by atoms with van der Waals surface area (Å²) < 4.78 is 0. The number of rotatable bonds is 3. The normalized spacial score (nSPS) is 10.4. The molecule has 0 saturated carbocycles. The van der Waals surface area contributed by atoms with Crippen molar-refractivity contribution >= 4 is 11.8 Å². The number of aliphatic carboxylic acids is 1. The van der Waals surface area contributed by atoms with Gasteiger partial charge in [-0.2, -0.15) is 0 Å². The number of allylic oxidation sites excluding steroid dienone is 1. The van der Waals surface area contributed by atoms with Gasteiger partial charge >= 0.3 is 5.97 Å². The van der Waals surface area contributed by atoms with Crippen molar-refractivity contribution in [2.75, 3.05) is 0 Å². The smallest absolute Gasteiger partial charge is 0.328 e. The van der Waals surface area contributed by atoms with E-state index in [4.69, 9.17) is 10.2 Å². The Hall–Kier alpha value is -2.30. The summed E-state index contributed by atoms with van der Waals surface area (Å²) in [6.07, 6.45) is 1.50. The fourth-order valence-electron chi connectivity index (χ4n) is 0.965. The second-order valence-corrected chi connectivity index (χ2v) is 2.74. The standard InChI is InChI=1S/C10H8O5/c11-6-1-2-7(9(13)5-6)8(12)3-4-10(14)15/h1-5,11,13H,(H,14,15). The first-order chi connectivity index (χ1) is 7.00. The second kappa shape index (κ2) is 4.28. The Morgan fingerprint density at radius 2 is 1.80 bits per heavy atom. The Morgan fingerprint density at radius 3 is 2.33 bits per heavy atom. The van der Waals surface area contributed by atoms with E-state index in [0.717, 1.165) is 12.1 Å². The molecule has 1 aromatic rings. The number of carboxylic acids is 1. The molecule has 0 aliphatic rings. The number of hydrogen-bond acceptors (Lipinski definition) is 4. The zero-order valence-corrected chi connectivity index (χ0v) is 7.54. The van der Waals surface area contributed by atoms with Crippen LogP contribution >= 0.6 is 0 Å². The molecule has 5 heteroatoms. The molecule has 0 bridgehead atoms. The molecule has 0 radical (unpaired) electrons. The topological polar surface area (TPSA) is 94.8 Å². The van der Waals surface area contributed by atoms with Crippen LogP contribution in [-0.4, -0.2) is 27.1 Å². The summed E-state index contributed by atoms with van der Waals surface area (Å²) in [4.78, 5) is 21.4. The van der Waals surface area contributed by atoms with E-state index in [1.807, 2.05) is 0 Å². The van der Waals surface area contributed by atoms with Gasteiger partial charge in [-0.25, -0.2) is 4.79 Å². The molecule has 0 aliphatic carbocycles. The van der Waals surface area contributed by atoms with Gasteiger partial charge in [0.05, 0.1) is 5.56 Å². The van der Waals surface area contributed by atoms with Crippen molar-refractivity contribution in [3.05, 3.63) is 35.9 Å². The minimum Gasteiger partial charge on any atom is -0.508 e. The lowest BCUT2D eigenvalue weighted by Gasteiger charge is -2.00. The van der Waals surface area contributed by atoms with E-state index in [-0.39, 0.29) is 11.3 Å². The average molecular weight is 208 g/mol. The van der Waals surface area contributed by atoms with Gasteiger partial charge in [-0.3, -0.25) is 4.79 Å². The summed E-state index contributed by atoms with van der Waals surface area (Å²) in [5.41, 5.74) is -0.0645. The van der Waals surface area contributed by atoms with Gasteiger partial charge in [0.25, 0.3) is 0 Å². The van der Waals surface area contributed by atoms with Crippen LogP contribution in [0.1, 0.15) is 10.4 Å². The van der Waals surface area contributed by atoms with Crippen LogP contribution in [-0.2, 0) is 4.79 Å². The van der Waals surface area contributed by atoms with Gasteiger partial charge in [-0.15, -0.1) is 0 Å². The van der Waals surface area contributed by atoms with Crippen molar-refractivity contribution in [2.24, 2.45) is 0 Å². The molecule has 78 valence electrons. The molecule has 0 aromatic heterocycles. The number of carbonyl (C=O) groups is 2. The number of carbonyl (C=O) groups excluding carboxylic acids is 1. The summed E-state index contributed by atoms with van der Waals surface area (Å²) in [7, 11) is 0. The Labute approximate surface area is 84.9 Å². The molecular formula is C10H8O5. The first-order valence-electron chi connectivity index (χ1n) is 3.98. The molecule has 3 N–H and O–H groups in total. The third-order valence-corrected chi connectivity index (χ3v) is 1.62. The number of hydrogen-bond donors (Lipinski definition) is 3. The maximum atomic E-state index is 11.3. The van der Waals surface area contributed by atoms with E-state index in [2.05, 4.69) is 0 Å². The number of ketones is 1. The third kappa shape index (κ3) is 2.84. The van der Waals surface area contributed by atoms with Crippen LogP contribution in [0.5, 0.6) is 11.5 Å². The largest absolute Gasteiger partial charge is 0.508 e. The average Bonchev–Trinajstić information content (AvgIpc) is 2.14. The van der Waals surface area contributed by atoms with Crippen molar-refractivity contribution in [2.45, 2.75) is 0 Å². The lowest BCUT2D eigenvalue weighted by atomic mass is 10.1. The first-order valence-corrected chi connectivity index (χ1v) is 3.98. The zero-order chi connectivity index (χ0) is 11.4. The molecular weight excluding hydrogens is 200 g/mol. The second-order valence-electron chi connectivity index (χ2n) is 2.74. The quantitative estimate of drug-likeness (QED) is 0.507. The molecule has 1 aromatic carbocycles. The summed E-state index contributed by atoms with van der Waals surface area (Å²) in [5.74, 6) is -2.46. The van der Waals surface area contributed by atoms with Crippen LogP contribution in [0, 0.1) is 0 Å². The molecule has 0 aliphatic heterocycles. The highest BCUT2D eigenvalue weighted by atomic mass is 16.4. The summed E-state index contributed by atoms with van der Waals surface area (Å²) >= 11 is 0. The van der Waals surface area contributed by atoms with Gasteiger partial charge in [-0.05, 0) is 18.2 Å². The minimum atomic E-state index is -1.25. The van der Waals surface area contributed by atoms with Crippen molar-refractivity contribution in [1.29, 1.82) is 0 Å². The van der Waals surface area contributed by atoms with Gasteiger partial charge in [-0.1, -0.05) is 0 Å².